The first-order valence-electron chi connectivity index (χ1n) is 7.58. The lowest BCUT2D eigenvalue weighted by Gasteiger charge is -2.05. The average molecular weight is 381 g/mol. The van der Waals surface area contributed by atoms with E-state index < -0.39 is 0 Å². The van der Waals surface area contributed by atoms with E-state index in [4.69, 9.17) is 4.98 Å². The van der Waals surface area contributed by atoms with Crippen LogP contribution in [-0.4, -0.2) is 15.1 Å². The smallest absolute Gasteiger partial charge is 0.286 e. The Morgan fingerprint density at radius 3 is 2.79 bits per heavy atom. The largest absolute Gasteiger partial charge is 0.300 e. The second-order valence-electron chi connectivity index (χ2n) is 5.40. The van der Waals surface area contributed by atoms with Crippen LogP contribution in [0.25, 0.3) is 16.9 Å². The molecule has 4 rings (SSSR count). The molecule has 0 bridgehead atoms. The van der Waals surface area contributed by atoms with Gasteiger partial charge in [-0.25, -0.2) is 0 Å². The second-order valence-corrected chi connectivity index (χ2v) is 6.32. The molecule has 2 N–H and O–H groups in total. The fourth-order valence-corrected chi connectivity index (χ4v) is 2.98. The molecule has 0 aliphatic rings. The summed E-state index contributed by atoms with van der Waals surface area (Å²) in [5.74, 6) is 0.955. The zero-order chi connectivity index (χ0) is 16.4. The molecule has 1 aromatic carbocycles. The van der Waals surface area contributed by atoms with Gasteiger partial charge < -0.3 is 0 Å². The van der Waals surface area contributed by atoms with Crippen LogP contribution in [-0.2, 0) is 6.54 Å². The van der Waals surface area contributed by atoms with Crippen molar-refractivity contribution >= 4 is 27.4 Å². The minimum atomic E-state index is 0.714. The van der Waals surface area contributed by atoms with Crippen molar-refractivity contribution in [1.29, 1.82) is 0 Å². The van der Waals surface area contributed by atoms with Crippen LogP contribution in [0.4, 0.5) is 5.82 Å². The molecule has 0 radical (unpaired) electrons. The molecule has 0 aliphatic carbocycles. The van der Waals surface area contributed by atoms with E-state index in [0.717, 1.165) is 27.2 Å². The molecule has 0 saturated carbocycles. The number of hydrogen-bond donors (Lipinski definition) is 2. The van der Waals surface area contributed by atoms with E-state index in [0.29, 0.717) is 6.54 Å². The summed E-state index contributed by atoms with van der Waals surface area (Å²) in [6, 6.07) is 16.2. The summed E-state index contributed by atoms with van der Waals surface area (Å²) >= 11 is 3.52. The standard InChI is InChI=1S/C18H14BrN5/c19-15-3-1-2-14(10-15)16-11-18(24-17(23-16)6-9-22-24)21-12-13-4-7-20-8-5-13/h1-11H,12H2,(H,21,22,23)/p+1. The molecule has 0 spiro atoms. The van der Waals surface area contributed by atoms with Gasteiger partial charge in [0.05, 0.1) is 12.6 Å². The highest BCUT2D eigenvalue weighted by Crippen LogP contribution is 2.23. The first-order valence-corrected chi connectivity index (χ1v) is 8.38. The number of aromatic nitrogens is 4. The summed E-state index contributed by atoms with van der Waals surface area (Å²) < 4.78 is 2.97. The van der Waals surface area contributed by atoms with Gasteiger partial charge in [0.25, 0.3) is 5.65 Å². The summed E-state index contributed by atoms with van der Waals surface area (Å²) in [4.78, 5) is 8.77. The average Bonchev–Trinajstić information content (AvgIpc) is 3.09. The second kappa shape index (κ2) is 6.41. The number of hydrogen-bond acceptors (Lipinski definition) is 3. The van der Waals surface area contributed by atoms with Gasteiger partial charge in [0.2, 0.25) is 5.82 Å². The maximum atomic E-state index is 4.72. The predicted octanol–water partition coefficient (Wildman–Crippen LogP) is 3.59. The molecule has 0 saturated heterocycles. The zero-order valence-corrected chi connectivity index (χ0v) is 14.4. The number of aromatic amines is 1. The fourth-order valence-electron chi connectivity index (χ4n) is 2.58. The maximum absolute atomic E-state index is 4.72. The van der Waals surface area contributed by atoms with Crippen molar-refractivity contribution in [3.05, 3.63) is 77.2 Å². The quantitative estimate of drug-likeness (QED) is 0.532. The number of halogens is 1. The molecule has 24 heavy (non-hydrogen) atoms. The molecule has 0 atom stereocenters. The maximum Gasteiger partial charge on any atom is 0.286 e. The Kier molecular flexibility index (Phi) is 3.96. The molecule has 6 heteroatoms. The molecular formula is C18H15BrN5+. The van der Waals surface area contributed by atoms with E-state index >= 15 is 0 Å². The number of nitrogens with one attached hydrogen (secondary N) is 2. The molecule has 5 nitrogen and oxygen atoms in total. The van der Waals surface area contributed by atoms with Crippen LogP contribution in [0, 0.1) is 0 Å². The summed E-state index contributed by atoms with van der Waals surface area (Å²) in [5, 5.41) is 6.65. The SMILES string of the molecule is Brc1cccc(-c2cc(NCc3ccncc3)[n+]3[nH]ccc3n2)c1. The summed E-state index contributed by atoms with van der Waals surface area (Å²) in [7, 11) is 0. The van der Waals surface area contributed by atoms with Crippen molar-refractivity contribution in [3.63, 3.8) is 0 Å². The van der Waals surface area contributed by atoms with Crippen molar-refractivity contribution < 1.29 is 4.52 Å². The molecule has 4 aromatic rings. The van der Waals surface area contributed by atoms with Crippen molar-refractivity contribution in [2.24, 2.45) is 0 Å². The first-order chi connectivity index (χ1) is 11.8. The highest BCUT2D eigenvalue weighted by atomic mass is 79.9. The normalized spacial score (nSPS) is 10.9. The highest BCUT2D eigenvalue weighted by molar-refractivity contribution is 9.10. The zero-order valence-electron chi connectivity index (χ0n) is 12.8. The molecule has 0 aliphatic heterocycles. The Bertz CT molecular complexity index is 981. The number of H-pyrrole nitrogens is 1. The van der Waals surface area contributed by atoms with E-state index in [9.17, 15) is 0 Å². The molecule has 0 fully saturated rings. The number of pyridine rings is 1. The van der Waals surface area contributed by atoms with E-state index in [2.05, 4.69) is 43.5 Å². The molecule has 118 valence electrons. The van der Waals surface area contributed by atoms with Crippen molar-refractivity contribution in [3.8, 4) is 11.3 Å². The third-order valence-corrected chi connectivity index (χ3v) is 4.25. The molecule has 0 amide bonds. The monoisotopic (exact) mass is 380 g/mol. The molecular weight excluding hydrogens is 366 g/mol. The Balaban J connectivity index is 1.72. The third kappa shape index (κ3) is 3.00. The van der Waals surface area contributed by atoms with Gasteiger partial charge in [-0.2, -0.15) is 0 Å². The topological polar surface area (TPSA) is 57.7 Å². The Morgan fingerprint density at radius 2 is 1.96 bits per heavy atom. The van der Waals surface area contributed by atoms with Crippen LogP contribution in [0.1, 0.15) is 5.56 Å². The van der Waals surface area contributed by atoms with E-state index in [1.165, 1.54) is 5.56 Å². The minimum Gasteiger partial charge on any atom is -0.300 e. The van der Waals surface area contributed by atoms with Gasteiger partial charge in [-0.3, -0.25) is 15.4 Å². The van der Waals surface area contributed by atoms with Crippen molar-refractivity contribution in [1.82, 2.24) is 15.1 Å². The number of nitrogens with zero attached hydrogens (tertiary/aromatic N) is 3. The van der Waals surface area contributed by atoms with Gasteiger partial charge in [-0.05, 0) is 29.8 Å². The summed E-state index contributed by atoms with van der Waals surface area (Å²) in [5.41, 5.74) is 4.03. The van der Waals surface area contributed by atoms with Crippen LogP contribution in [0.3, 0.4) is 0 Å². The van der Waals surface area contributed by atoms with Gasteiger partial charge in [0.15, 0.2) is 5.69 Å². The van der Waals surface area contributed by atoms with Crippen LogP contribution in [0.2, 0.25) is 0 Å². The first kappa shape index (κ1) is 14.8. The van der Waals surface area contributed by atoms with Gasteiger partial charge >= 0.3 is 0 Å². The number of rotatable bonds is 4. The lowest BCUT2D eigenvalue weighted by molar-refractivity contribution is -0.564. The van der Waals surface area contributed by atoms with E-state index in [1.807, 2.05) is 47.1 Å². The minimum absolute atomic E-state index is 0.714. The van der Waals surface area contributed by atoms with Gasteiger partial charge in [0, 0.05) is 34.7 Å². The predicted molar refractivity (Wildman–Crippen MR) is 96.4 cm³/mol. The Hall–Kier alpha value is -2.73. The van der Waals surface area contributed by atoms with Gasteiger partial charge in [-0.1, -0.05) is 28.1 Å². The number of benzene rings is 1. The number of fused-ring (bicyclic) bond motifs is 1. The Labute approximate surface area is 147 Å². The lowest BCUT2D eigenvalue weighted by Crippen LogP contribution is -2.29. The van der Waals surface area contributed by atoms with E-state index in [-0.39, 0.29) is 0 Å². The third-order valence-electron chi connectivity index (χ3n) is 3.76. The summed E-state index contributed by atoms with van der Waals surface area (Å²) in [6.45, 7) is 0.714. The molecule has 0 unspecified atom stereocenters. The van der Waals surface area contributed by atoms with Gasteiger partial charge in [-0.15, -0.1) is 9.50 Å². The van der Waals surface area contributed by atoms with Crippen LogP contribution >= 0.6 is 15.9 Å². The van der Waals surface area contributed by atoms with Crippen LogP contribution in [0.5, 0.6) is 0 Å². The fraction of sp³-hybridized carbons (Fsp3) is 0.0556. The highest BCUT2D eigenvalue weighted by Gasteiger charge is 2.15. The van der Waals surface area contributed by atoms with Crippen molar-refractivity contribution in [2.45, 2.75) is 6.54 Å². The number of anilines is 1. The van der Waals surface area contributed by atoms with Gasteiger partial charge in [0.1, 0.15) is 0 Å². The Morgan fingerprint density at radius 1 is 1.08 bits per heavy atom. The van der Waals surface area contributed by atoms with E-state index in [1.54, 1.807) is 12.4 Å². The van der Waals surface area contributed by atoms with Crippen molar-refractivity contribution in [2.75, 3.05) is 5.32 Å². The summed E-state index contributed by atoms with van der Waals surface area (Å²) in [6.07, 6.45) is 5.48. The lowest BCUT2D eigenvalue weighted by atomic mass is 10.1. The van der Waals surface area contributed by atoms with Crippen LogP contribution in [0.15, 0.2) is 71.6 Å². The molecule has 3 aromatic heterocycles. The molecule has 3 heterocycles. The van der Waals surface area contributed by atoms with Crippen LogP contribution < -0.4 is 9.83 Å².